The van der Waals surface area contributed by atoms with Crippen molar-refractivity contribution < 1.29 is 5.48 Å². The zero-order chi connectivity index (χ0) is 6.99. The van der Waals surface area contributed by atoms with E-state index in [9.17, 15) is 0 Å². The van der Waals surface area contributed by atoms with Gasteiger partial charge in [0.15, 0.2) is 0 Å². The predicted molar refractivity (Wildman–Crippen MR) is 46.2 cm³/mol. The molecule has 0 radical (unpaired) electrons. The fraction of sp³-hybridized carbons (Fsp3) is 1.00. The second-order valence-corrected chi connectivity index (χ2v) is 3.19. The van der Waals surface area contributed by atoms with Crippen LogP contribution in [0.1, 0.15) is 6.92 Å². The molecule has 0 atom stereocenters. The molecule has 9 heavy (non-hydrogen) atoms. The first-order chi connectivity index (χ1) is 3.65. The Balaban J connectivity index is -0.0000000720. The Bertz CT molecular complexity index is 29.0. The number of alkyl halides is 4. The molecule has 0 unspecified atom stereocenters. The zero-order valence-corrected chi connectivity index (χ0v) is 8.03. The molecule has 0 bridgehead atoms. The standard InChI is InChI=1S/2C2H4Cl2.H2O/c1-2(3)4;3-1-2-4;/h2H,1H3;1-2H2;1H2. The molecule has 2 N–H and O–H groups in total. The molecule has 0 rings (SSSR count). The third-order valence-corrected chi connectivity index (χ3v) is 0.643. The van der Waals surface area contributed by atoms with Gasteiger partial charge in [-0.1, -0.05) is 0 Å². The SMILES string of the molecule is CC(Cl)Cl.ClCCCl.O. The van der Waals surface area contributed by atoms with Crippen LogP contribution in [0.3, 0.4) is 0 Å². The van der Waals surface area contributed by atoms with Crippen molar-refractivity contribution in [1.82, 2.24) is 0 Å². The highest BCUT2D eigenvalue weighted by Crippen LogP contribution is 1.95. The van der Waals surface area contributed by atoms with Crippen LogP contribution in [-0.4, -0.2) is 22.1 Å². The molecular weight excluding hydrogens is 206 g/mol. The van der Waals surface area contributed by atoms with Crippen molar-refractivity contribution in [2.75, 3.05) is 11.8 Å². The fourth-order valence-corrected chi connectivity index (χ4v) is 0. The number of hydrogen-bond acceptors (Lipinski definition) is 0. The van der Waals surface area contributed by atoms with Crippen molar-refractivity contribution >= 4 is 46.4 Å². The summed E-state index contributed by atoms with van der Waals surface area (Å²) in [7, 11) is 0. The highest BCUT2D eigenvalue weighted by molar-refractivity contribution is 6.43. The molecule has 0 aromatic rings. The summed E-state index contributed by atoms with van der Waals surface area (Å²) in [5.41, 5.74) is 0. The number of halogens is 4. The highest BCUT2D eigenvalue weighted by atomic mass is 35.5. The lowest BCUT2D eigenvalue weighted by atomic mass is 11.0. The molecule has 1 nitrogen and oxygen atoms in total. The monoisotopic (exact) mass is 214 g/mol. The van der Waals surface area contributed by atoms with E-state index in [2.05, 4.69) is 0 Å². The van der Waals surface area contributed by atoms with Crippen molar-refractivity contribution in [3.8, 4) is 0 Å². The van der Waals surface area contributed by atoms with E-state index in [1.807, 2.05) is 0 Å². The van der Waals surface area contributed by atoms with Gasteiger partial charge in [0.25, 0.3) is 0 Å². The normalized spacial score (nSPS) is 7.33. The summed E-state index contributed by atoms with van der Waals surface area (Å²) in [6.07, 6.45) is 0. The average Bonchev–Trinajstić information content (AvgIpc) is 1.65. The van der Waals surface area contributed by atoms with Crippen LogP contribution in [0.15, 0.2) is 0 Å². The van der Waals surface area contributed by atoms with E-state index in [0.29, 0.717) is 11.8 Å². The summed E-state index contributed by atoms with van der Waals surface area (Å²) in [6, 6.07) is 0. The maximum absolute atomic E-state index is 5.05. The molecule has 60 valence electrons. The quantitative estimate of drug-likeness (QED) is 0.603. The summed E-state index contributed by atoms with van der Waals surface area (Å²) in [4.78, 5) is -0.222. The van der Waals surface area contributed by atoms with Gasteiger partial charge in [-0.3, -0.25) is 0 Å². The van der Waals surface area contributed by atoms with Crippen molar-refractivity contribution in [1.29, 1.82) is 0 Å². The molecule has 0 saturated carbocycles. The summed E-state index contributed by atoms with van der Waals surface area (Å²) in [5.74, 6) is 1.11. The smallest absolute Gasteiger partial charge is 0.105 e. The Morgan fingerprint density at radius 3 is 1.22 bits per heavy atom. The highest BCUT2D eigenvalue weighted by Gasteiger charge is 1.75. The summed E-state index contributed by atoms with van der Waals surface area (Å²) in [6.45, 7) is 1.70. The molecule has 0 saturated heterocycles. The lowest BCUT2D eigenvalue weighted by molar-refractivity contribution is 0.824. The van der Waals surface area contributed by atoms with Gasteiger partial charge in [0.2, 0.25) is 0 Å². The Hall–Kier alpha value is 1.12. The van der Waals surface area contributed by atoms with Crippen LogP contribution >= 0.6 is 46.4 Å². The Kier molecular flexibility index (Phi) is 29.6. The lowest BCUT2D eigenvalue weighted by Gasteiger charge is -1.72. The second kappa shape index (κ2) is 16.1. The van der Waals surface area contributed by atoms with Crippen LogP contribution in [0.5, 0.6) is 0 Å². The summed E-state index contributed by atoms with van der Waals surface area (Å²) in [5, 5.41) is 0. The van der Waals surface area contributed by atoms with Gasteiger partial charge < -0.3 is 5.48 Å². The van der Waals surface area contributed by atoms with Gasteiger partial charge in [0.05, 0.1) is 0 Å². The minimum Gasteiger partial charge on any atom is -0.412 e. The van der Waals surface area contributed by atoms with Gasteiger partial charge in [0, 0.05) is 11.8 Å². The van der Waals surface area contributed by atoms with E-state index >= 15 is 0 Å². The Morgan fingerprint density at radius 1 is 1.11 bits per heavy atom. The topological polar surface area (TPSA) is 31.5 Å². The van der Waals surface area contributed by atoms with E-state index < -0.39 is 0 Å². The van der Waals surface area contributed by atoms with Crippen LogP contribution in [0.4, 0.5) is 0 Å². The van der Waals surface area contributed by atoms with Gasteiger partial charge in [-0.05, 0) is 6.92 Å². The molecule has 0 heterocycles. The second-order valence-electron chi connectivity index (χ2n) is 0.897. The van der Waals surface area contributed by atoms with Crippen LogP contribution in [0.25, 0.3) is 0 Å². The first-order valence-corrected chi connectivity index (χ1v) is 3.99. The third-order valence-electron chi connectivity index (χ3n) is 0.0714. The average molecular weight is 216 g/mol. The van der Waals surface area contributed by atoms with Crippen LogP contribution < -0.4 is 0 Å². The van der Waals surface area contributed by atoms with E-state index in [1.165, 1.54) is 0 Å². The molecule has 0 aromatic carbocycles. The molecule has 5 heteroatoms. The van der Waals surface area contributed by atoms with Gasteiger partial charge in [0.1, 0.15) is 4.84 Å². The van der Waals surface area contributed by atoms with Crippen molar-refractivity contribution in [2.24, 2.45) is 0 Å². The molecule has 0 aliphatic carbocycles. The molecule has 0 spiro atoms. The lowest BCUT2D eigenvalue weighted by Crippen LogP contribution is -1.63. The van der Waals surface area contributed by atoms with E-state index in [4.69, 9.17) is 46.4 Å². The largest absolute Gasteiger partial charge is 0.412 e. The van der Waals surface area contributed by atoms with E-state index in [1.54, 1.807) is 6.92 Å². The molecule has 0 fully saturated rings. The van der Waals surface area contributed by atoms with E-state index in [-0.39, 0.29) is 10.3 Å². The Labute approximate surface area is 75.5 Å². The Morgan fingerprint density at radius 2 is 1.22 bits per heavy atom. The summed E-state index contributed by atoms with van der Waals surface area (Å²) < 4.78 is 0. The van der Waals surface area contributed by atoms with Gasteiger partial charge in [-0.2, -0.15) is 0 Å². The summed E-state index contributed by atoms with van der Waals surface area (Å²) >= 11 is 20.2. The third kappa shape index (κ3) is 103. The van der Waals surface area contributed by atoms with Crippen molar-refractivity contribution in [3.63, 3.8) is 0 Å². The zero-order valence-electron chi connectivity index (χ0n) is 5.00. The fourth-order valence-electron chi connectivity index (χ4n) is 0. The molecule has 0 aliphatic rings. The van der Waals surface area contributed by atoms with Gasteiger partial charge in [-0.25, -0.2) is 0 Å². The minimum absolute atomic E-state index is 0. The van der Waals surface area contributed by atoms with Gasteiger partial charge >= 0.3 is 0 Å². The number of hydrogen-bond donors (Lipinski definition) is 0. The van der Waals surface area contributed by atoms with Crippen molar-refractivity contribution in [2.45, 2.75) is 11.8 Å². The van der Waals surface area contributed by atoms with Gasteiger partial charge in [-0.15, -0.1) is 46.4 Å². The molecule has 0 aromatic heterocycles. The molecule has 0 amide bonds. The molecular formula is C4H10Cl4O. The first kappa shape index (κ1) is 16.6. The van der Waals surface area contributed by atoms with E-state index in [0.717, 1.165) is 0 Å². The predicted octanol–water partition coefficient (Wildman–Crippen LogP) is 2.45. The van der Waals surface area contributed by atoms with Crippen LogP contribution in [-0.2, 0) is 0 Å². The van der Waals surface area contributed by atoms with Crippen molar-refractivity contribution in [3.05, 3.63) is 0 Å². The minimum atomic E-state index is -0.222. The van der Waals surface area contributed by atoms with Crippen LogP contribution in [0.2, 0.25) is 0 Å². The maximum atomic E-state index is 5.05. The molecule has 0 aliphatic heterocycles. The number of rotatable bonds is 1. The maximum Gasteiger partial charge on any atom is 0.105 e. The first-order valence-electron chi connectivity index (χ1n) is 2.05. The van der Waals surface area contributed by atoms with Crippen LogP contribution in [0, 0.1) is 0 Å².